The summed E-state index contributed by atoms with van der Waals surface area (Å²) in [6.45, 7) is 4.71. The highest BCUT2D eigenvalue weighted by atomic mass is 32.2. The molecule has 0 atom stereocenters. The Morgan fingerprint density at radius 1 is 1.47 bits per heavy atom. The molecule has 5 nitrogen and oxygen atoms in total. The molecule has 2 aromatic heterocycles. The van der Waals surface area contributed by atoms with E-state index in [-0.39, 0.29) is 0 Å². The highest BCUT2D eigenvalue weighted by Gasteiger charge is 2.11. The van der Waals surface area contributed by atoms with Crippen molar-refractivity contribution in [3.05, 3.63) is 23.8 Å². The van der Waals surface area contributed by atoms with E-state index in [0.29, 0.717) is 11.0 Å². The Balaban J connectivity index is 2.21. The molecule has 0 amide bonds. The summed E-state index contributed by atoms with van der Waals surface area (Å²) in [6.07, 6.45) is 2.15. The van der Waals surface area contributed by atoms with E-state index < -0.39 is 5.82 Å². The quantitative estimate of drug-likeness (QED) is 0.854. The van der Waals surface area contributed by atoms with Crippen LogP contribution in [0.4, 0.5) is 10.3 Å². The Kier molecular flexibility index (Phi) is 4.36. The molecule has 0 spiro atoms. The summed E-state index contributed by atoms with van der Waals surface area (Å²) in [5.74, 6) is 0.0236. The minimum Gasteiger partial charge on any atom is -0.354 e. The van der Waals surface area contributed by atoms with Gasteiger partial charge in [0.2, 0.25) is 5.95 Å². The van der Waals surface area contributed by atoms with Gasteiger partial charge >= 0.3 is 0 Å². The van der Waals surface area contributed by atoms with Crippen LogP contribution in [0.5, 0.6) is 0 Å². The lowest BCUT2D eigenvalue weighted by Crippen LogP contribution is -2.05. The van der Waals surface area contributed by atoms with Crippen molar-refractivity contribution in [2.75, 3.05) is 11.9 Å². The summed E-state index contributed by atoms with van der Waals surface area (Å²) in [5, 5.41) is 8.41. The van der Waals surface area contributed by atoms with E-state index in [1.54, 1.807) is 4.68 Å². The molecule has 102 valence electrons. The maximum absolute atomic E-state index is 13.7. The van der Waals surface area contributed by atoms with Gasteiger partial charge in [-0.1, -0.05) is 6.92 Å². The highest BCUT2D eigenvalue weighted by molar-refractivity contribution is 7.99. The second-order valence-electron chi connectivity index (χ2n) is 4.12. The van der Waals surface area contributed by atoms with Gasteiger partial charge in [0.1, 0.15) is 10.1 Å². The Bertz CT molecular complexity index is 569. The number of halogens is 1. The summed E-state index contributed by atoms with van der Waals surface area (Å²) in [5.41, 5.74) is 0.892. The first-order valence-electron chi connectivity index (χ1n) is 6.05. The second kappa shape index (κ2) is 6.01. The Morgan fingerprint density at radius 2 is 2.26 bits per heavy atom. The maximum Gasteiger partial charge on any atom is 0.223 e. The molecular formula is C12H16FN5S. The van der Waals surface area contributed by atoms with E-state index in [4.69, 9.17) is 0 Å². The van der Waals surface area contributed by atoms with Crippen LogP contribution in [0.3, 0.4) is 0 Å². The van der Waals surface area contributed by atoms with Crippen molar-refractivity contribution in [2.24, 2.45) is 7.05 Å². The van der Waals surface area contributed by atoms with Gasteiger partial charge in [-0.05, 0) is 31.2 Å². The lowest BCUT2D eigenvalue weighted by molar-refractivity contribution is 0.579. The van der Waals surface area contributed by atoms with E-state index in [9.17, 15) is 4.39 Å². The number of anilines is 1. The fourth-order valence-electron chi connectivity index (χ4n) is 1.53. The number of hydrogen-bond acceptors (Lipinski definition) is 5. The van der Waals surface area contributed by atoms with E-state index in [1.807, 2.05) is 27.0 Å². The SMILES string of the molecule is CCCNc1ncc(F)c(Sc2cc(C)nn2C)n1. The molecule has 0 saturated heterocycles. The summed E-state index contributed by atoms with van der Waals surface area (Å²) in [6, 6.07) is 1.89. The summed E-state index contributed by atoms with van der Waals surface area (Å²) < 4.78 is 15.4. The van der Waals surface area contributed by atoms with Crippen molar-refractivity contribution in [2.45, 2.75) is 30.3 Å². The third-order valence-electron chi connectivity index (χ3n) is 2.41. The molecule has 0 saturated carbocycles. The molecule has 0 aliphatic rings. The average molecular weight is 281 g/mol. The summed E-state index contributed by atoms with van der Waals surface area (Å²) >= 11 is 1.24. The van der Waals surface area contributed by atoms with Gasteiger partial charge in [-0.2, -0.15) is 5.10 Å². The number of aromatic nitrogens is 4. The van der Waals surface area contributed by atoms with Crippen LogP contribution < -0.4 is 5.32 Å². The fourth-order valence-corrected chi connectivity index (χ4v) is 2.41. The molecule has 0 aliphatic carbocycles. The van der Waals surface area contributed by atoms with Crippen LogP contribution in [0.2, 0.25) is 0 Å². The molecule has 1 N–H and O–H groups in total. The standard InChI is InChI=1S/C12H16FN5S/c1-4-5-14-12-15-7-9(13)11(16-12)19-10-6-8(2)17-18(10)3/h6-7H,4-5H2,1-3H3,(H,14,15,16). The third kappa shape index (κ3) is 3.44. The highest BCUT2D eigenvalue weighted by Crippen LogP contribution is 2.28. The Labute approximate surface area is 115 Å². The fraction of sp³-hybridized carbons (Fsp3) is 0.417. The molecule has 0 radical (unpaired) electrons. The predicted molar refractivity (Wildman–Crippen MR) is 72.8 cm³/mol. The van der Waals surface area contributed by atoms with E-state index in [2.05, 4.69) is 20.4 Å². The zero-order valence-electron chi connectivity index (χ0n) is 11.1. The maximum atomic E-state index is 13.7. The smallest absolute Gasteiger partial charge is 0.223 e. The normalized spacial score (nSPS) is 10.7. The number of rotatable bonds is 5. The average Bonchev–Trinajstić information content (AvgIpc) is 2.69. The molecule has 0 unspecified atom stereocenters. The second-order valence-corrected chi connectivity index (χ2v) is 5.13. The van der Waals surface area contributed by atoms with Gasteiger partial charge in [0.25, 0.3) is 0 Å². The molecule has 0 aromatic carbocycles. The van der Waals surface area contributed by atoms with Crippen molar-refractivity contribution in [3.63, 3.8) is 0 Å². The minimum absolute atomic E-state index is 0.302. The molecule has 2 rings (SSSR count). The molecule has 2 aromatic rings. The number of nitrogens with zero attached hydrogens (tertiary/aromatic N) is 4. The summed E-state index contributed by atoms with van der Waals surface area (Å²) in [4.78, 5) is 8.09. The summed E-state index contributed by atoms with van der Waals surface area (Å²) in [7, 11) is 1.82. The van der Waals surface area contributed by atoms with Crippen LogP contribution in [0.1, 0.15) is 19.0 Å². The van der Waals surface area contributed by atoms with Gasteiger partial charge in [0, 0.05) is 13.6 Å². The lowest BCUT2D eigenvalue weighted by Gasteiger charge is -2.06. The number of hydrogen-bond donors (Lipinski definition) is 1. The van der Waals surface area contributed by atoms with E-state index in [0.717, 1.165) is 23.7 Å². The van der Waals surface area contributed by atoms with Gasteiger partial charge in [-0.15, -0.1) is 0 Å². The van der Waals surface area contributed by atoms with Crippen LogP contribution in [0.15, 0.2) is 22.3 Å². The number of nitrogens with one attached hydrogen (secondary N) is 1. The van der Waals surface area contributed by atoms with Crippen molar-refractivity contribution in [3.8, 4) is 0 Å². The van der Waals surface area contributed by atoms with Crippen LogP contribution in [-0.2, 0) is 7.05 Å². The van der Waals surface area contributed by atoms with Gasteiger partial charge in [-0.25, -0.2) is 14.4 Å². The first-order chi connectivity index (χ1) is 9.10. The Hall–Kier alpha value is -1.63. The Morgan fingerprint density at radius 3 is 2.89 bits per heavy atom. The van der Waals surface area contributed by atoms with Gasteiger partial charge in [0.15, 0.2) is 5.82 Å². The van der Waals surface area contributed by atoms with Gasteiger partial charge in [-0.3, -0.25) is 4.68 Å². The zero-order chi connectivity index (χ0) is 13.8. The first kappa shape index (κ1) is 13.8. The molecule has 19 heavy (non-hydrogen) atoms. The van der Waals surface area contributed by atoms with Gasteiger partial charge < -0.3 is 5.32 Å². The van der Waals surface area contributed by atoms with Crippen molar-refractivity contribution < 1.29 is 4.39 Å². The van der Waals surface area contributed by atoms with Crippen LogP contribution >= 0.6 is 11.8 Å². The van der Waals surface area contributed by atoms with E-state index in [1.165, 1.54) is 18.0 Å². The molecule has 0 aliphatic heterocycles. The lowest BCUT2D eigenvalue weighted by atomic mass is 10.5. The molecule has 0 bridgehead atoms. The van der Waals surface area contributed by atoms with Gasteiger partial charge in [0.05, 0.1) is 11.9 Å². The first-order valence-corrected chi connectivity index (χ1v) is 6.86. The van der Waals surface area contributed by atoms with Crippen molar-refractivity contribution >= 4 is 17.7 Å². The number of aryl methyl sites for hydroxylation is 2. The topological polar surface area (TPSA) is 55.6 Å². The molecule has 7 heteroatoms. The predicted octanol–water partition coefficient (Wildman–Crippen LogP) is 2.63. The minimum atomic E-state index is -0.425. The van der Waals surface area contributed by atoms with Crippen LogP contribution in [-0.4, -0.2) is 26.3 Å². The van der Waals surface area contributed by atoms with Crippen LogP contribution in [0, 0.1) is 12.7 Å². The van der Waals surface area contributed by atoms with Crippen LogP contribution in [0.25, 0.3) is 0 Å². The van der Waals surface area contributed by atoms with Crippen molar-refractivity contribution in [1.82, 2.24) is 19.7 Å². The van der Waals surface area contributed by atoms with E-state index >= 15 is 0 Å². The monoisotopic (exact) mass is 281 g/mol. The van der Waals surface area contributed by atoms with Crippen molar-refractivity contribution in [1.29, 1.82) is 0 Å². The molecule has 2 heterocycles. The zero-order valence-corrected chi connectivity index (χ0v) is 12.0. The largest absolute Gasteiger partial charge is 0.354 e. The molecular weight excluding hydrogens is 265 g/mol. The molecule has 0 fully saturated rings. The third-order valence-corrected chi connectivity index (χ3v) is 3.48.